The van der Waals surface area contributed by atoms with Gasteiger partial charge in [-0.25, -0.2) is 14.8 Å². The topological polar surface area (TPSA) is 108 Å². The molecule has 8 nitrogen and oxygen atoms in total. The Hall–Kier alpha value is -1.93. The third-order valence-corrected chi connectivity index (χ3v) is 3.86. The van der Waals surface area contributed by atoms with E-state index in [0.717, 1.165) is 25.9 Å². The lowest BCUT2D eigenvalue weighted by Crippen LogP contribution is -2.34. The fourth-order valence-electron chi connectivity index (χ4n) is 2.58. The number of nitrogens with one attached hydrogen (secondary N) is 1. The molecule has 1 amide bonds. The molecule has 2 heterocycles. The summed E-state index contributed by atoms with van der Waals surface area (Å²) < 4.78 is 5.11. The molecule has 0 radical (unpaired) electrons. The Morgan fingerprint density at radius 1 is 1.28 bits per heavy atom. The van der Waals surface area contributed by atoms with E-state index in [9.17, 15) is 15.0 Å². The molecule has 25 heavy (non-hydrogen) atoms. The summed E-state index contributed by atoms with van der Waals surface area (Å²) in [6.07, 6.45) is 2.85. The molecule has 1 aromatic heterocycles. The second-order valence-electron chi connectivity index (χ2n) is 7.24. The number of amides is 1. The molecule has 2 unspecified atom stereocenters. The lowest BCUT2D eigenvalue weighted by atomic mass is 10.1. The van der Waals surface area contributed by atoms with Crippen molar-refractivity contribution in [2.45, 2.75) is 57.8 Å². The smallest absolute Gasteiger partial charge is 0.407 e. The summed E-state index contributed by atoms with van der Waals surface area (Å²) in [5.41, 5.74) is -0.121. The van der Waals surface area contributed by atoms with Gasteiger partial charge in [-0.2, -0.15) is 0 Å². The maximum atomic E-state index is 11.5. The van der Waals surface area contributed by atoms with Gasteiger partial charge in [-0.1, -0.05) is 0 Å². The van der Waals surface area contributed by atoms with Gasteiger partial charge in [-0.15, -0.1) is 0 Å². The Balaban J connectivity index is 1.79. The highest BCUT2D eigenvalue weighted by molar-refractivity contribution is 5.67. The van der Waals surface area contributed by atoms with Crippen molar-refractivity contribution in [2.75, 3.05) is 24.5 Å². The number of alkyl carbamates (subject to hydrolysis) is 1. The van der Waals surface area contributed by atoms with E-state index in [0.29, 0.717) is 11.5 Å². The van der Waals surface area contributed by atoms with E-state index in [1.165, 1.54) is 12.4 Å². The predicted molar refractivity (Wildman–Crippen MR) is 93.3 cm³/mol. The van der Waals surface area contributed by atoms with E-state index >= 15 is 0 Å². The van der Waals surface area contributed by atoms with Crippen molar-refractivity contribution in [1.29, 1.82) is 0 Å². The van der Waals surface area contributed by atoms with Crippen LogP contribution in [-0.2, 0) is 4.74 Å². The van der Waals surface area contributed by atoms with Gasteiger partial charge in [0.25, 0.3) is 0 Å². The van der Waals surface area contributed by atoms with Crippen LogP contribution >= 0.6 is 0 Å². The van der Waals surface area contributed by atoms with Gasteiger partial charge >= 0.3 is 6.09 Å². The standard InChI is InChI=1S/C17H28N4O4/c1-17(2,3)25-16(24)18-7-6-13(22)14(23)12-10-19-15(20-11-12)21-8-4-5-9-21/h10-11,13-14,22-23H,4-9H2,1-3H3,(H,18,24). The van der Waals surface area contributed by atoms with Crippen LogP contribution in [0, 0.1) is 0 Å². The summed E-state index contributed by atoms with van der Waals surface area (Å²) >= 11 is 0. The Labute approximate surface area is 148 Å². The Morgan fingerprint density at radius 3 is 2.44 bits per heavy atom. The number of aliphatic hydroxyl groups is 2. The van der Waals surface area contributed by atoms with E-state index in [2.05, 4.69) is 20.2 Å². The first-order valence-electron chi connectivity index (χ1n) is 8.66. The third-order valence-electron chi connectivity index (χ3n) is 3.86. The van der Waals surface area contributed by atoms with E-state index in [1.54, 1.807) is 20.8 Å². The summed E-state index contributed by atoms with van der Waals surface area (Å²) in [5.74, 6) is 0.648. The van der Waals surface area contributed by atoms with Crippen molar-refractivity contribution in [3.63, 3.8) is 0 Å². The van der Waals surface area contributed by atoms with Crippen LogP contribution in [0.4, 0.5) is 10.7 Å². The van der Waals surface area contributed by atoms with Gasteiger partial charge in [0.1, 0.15) is 11.7 Å². The molecule has 1 saturated heterocycles. The van der Waals surface area contributed by atoms with E-state index in [-0.39, 0.29) is 13.0 Å². The molecular formula is C17H28N4O4. The molecule has 8 heteroatoms. The molecule has 1 aliphatic heterocycles. The van der Waals surface area contributed by atoms with Crippen LogP contribution in [0.5, 0.6) is 0 Å². The fraction of sp³-hybridized carbons (Fsp3) is 0.706. The number of rotatable bonds is 6. The average Bonchev–Trinajstić information content (AvgIpc) is 3.07. The number of nitrogens with zero attached hydrogens (tertiary/aromatic N) is 3. The zero-order valence-electron chi connectivity index (χ0n) is 15.1. The summed E-state index contributed by atoms with van der Waals surface area (Å²) in [7, 11) is 0. The van der Waals surface area contributed by atoms with Crippen LogP contribution in [0.15, 0.2) is 12.4 Å². The van der Waals surface area contributed by atoms with Gasteiger partial charge < -0.3 is 25.2 Å². The molecule has 0 bridgehead atoms. The number of carbonyl (C=O) groups excluding carboxylic acids is 1. The number of hydrogen-bond acceptors (Lipinski definition) is 7. The first-order chi connectivity index (χ1) is 11.8. The molecule has 2 rings (SSSR count). The second-order valence-corrected chi connectivity index (χ2v) is 7.24. The lowest BCUT2D eigenvalue weighted by Gasteiger charge is -2.21. The molecule has 1 fully saturated rings. The molecule has 0 aromatic carbocycles. The van der Waals surface area contributed by atoms with Gasteiger partial charge in [-0.3, -0.25) is 0 Å². The van der Waals surface area contributed by atoms with Crippen LogP contribution in [0.1, 0.15) is 51.7 Å². The second kappa shape index (κ2) is 8.44. The third kappa shape index (κ3) is 6.13. The van der Waals surface area contributed by atoms with Gasteiger partial charge in [0.15, 0.2) is 0 Å². The van der Waals surface area contributed by atoms with Crippen LogP contribution in [0.3, 0.4) is 0 Å². The number of aliphatic hydroxyl groups excluding tert-OH is 2. The van der Waals surface area contributed by atoms with E-state index in [1.807, 2.05) is 0 Å². The summed E-state index contributed by atoms with van der Waals surface area (Å²) in [4.78, 5) is 22.2. The minimum atomic E-state index is -1.10. The highest BCUT2D eigenvalue weighted by atomic mass is 16.6. The largest absolute Gasteiger partial charge is 0.444 e. The molecule has 1 aliphatic rings. The molecule has 2 atom stereocenters. The van der Waals surface area contributed by atoms with Crippen LogP contribution < -0.4 is 10.2 Å². The number of anilines is 1. The van der Waals surface area contributed by atoms with Gasteiger partial charge in [0, 0.05) is 37.6 Å². The lowest BCUT2D eigenvalue weighted by molar-refractivity contribution is 0.0119. The fourth-order valence-corrected chi connectivity index (χ4v) is 2.58. The number of hydrogen-bond donors (Lipinski definition) is 3. The molecule has 0 saturated carbocycles. The molecule has 0 aliphatic carbocycles. The summed E-state index contributed by atoms with van der Waals surface area (Å²) in [5, 5.41) is 22.9. The van der Waals surface area contributed by atoms with Crippen molar-refractivity contribution in [3.8, 4) is 0 Å². The van der Waals surface area contributed by atoms with Crippen LogP contribution in [-0.4, -0.2) is 57.6 Å². The highest BCUT2D eigenvalue weighted by Gasteiger charge is 2.21. The molecule has 0 spiro atoms. The Bertz CT molecular complexity index is 553. The van der Waals surface area contributed by atoms with Crippen molar-refractivity contribution in [2.24, 2.45) is 0 Å². The van der Waals surface area contributed by atoms with Crippen molar-refractivity contribution >= 4 is 12.0 Å². The minimum Gasteiger partial charge on any atom is -0.444 e. The van der Waals surface area contributed by atoms with Crippen LogP contribution in [0.2, 0.25) is 0 Å². The summed E-state index contributed by atoms with van der Waals surface area (Å²) in [6.45, 7) is 7.41. The van der Waals surface area contributed by atoms with Gasteiger partial charge in [0.2, 0.25) is 5.95 Å². The van der Waals surface area contributed by atoms with Crippen molar-refractivity contribution < 1.29 is 19.7 Å². The Morgan fingerprint density at radius 2 is 1.88 bits per heavy atom. The normalized spacial score (nSPS) is 17.2. The predicted octanol–water partition coefficient (Wildman–Crippen LogP) is 1.39. The maximum Gasteiger partial charge on any atom is 0.407 e. The monoisotopic (exact) mass is 352 g/mol. The summed E-state index contributed by atoms with van der Waals surface area (Å²) in [6, 6.07) is 0. The van der Waals surface area contributed by atoms with Crippen LogP contribution in [0.25, 0.3) is 0 Å². The molecule has 1 aromatic rings. The first kappa shape index (κ1) is 19.4. The average molecular weight is 352 g/mol. The first-order valence-corrected chi connectivity index (χ1v) is 8.66. The van der Waals surface area contributed by atoms with Crippen molar-refractivity contribution in [1.82, 2.24) is 15.3 Å². The molecule has 3 N–H and O–H groups in total. The van der Waals surface area contributed by atoms with E-state index in [4.69, 9.17) is 4.74 Å². The number of ether oxygens (including phenoxy) is 1. The minimum absolute atomic E-state index is 0.189. The SMILES string of the molecule is CC(C)(C)OC(=O)NCCC(O)C(O)c1cnc(N2CCCC2)nc1. The molecular weight excluding hydrogens is 324 g/mol. The quantitative estimate of drug-likeness (QED) is 0.710. The van der Waals surface area contributed by atoms with Crippen molar-refractivity contribution in [3.05, 3.63) is 18.0 Å². The zero-order chi connectivity index (χ0) is 18.4. The van der Waals surface area contributed by atoms with Gasteiger partial charge in [-0.05, 0) is 40.0 Å². The number of aromatic nitrogens is 2. The zero-order valence-corrected chi connectivity index (χ0v) is 15.1. The number of carbonyl (C=O) groups is 1. The Kier molecular flexibility index (Phi) is 6.55. The van der Waals surface area contributed by atoms with Gasteiger partial charge in [0.05, 0.1) is 6.10 Å². The molecule has 140 valence electrons. The highest BCUT2D eigenvalue weighted by Crippen LogP contribution is 2.20. The maximum absolute atomic E-state index is 11.5. The van der Waals surface area contributed by atoms with E-state index < -0.39 is 23.9 Å².